The molecule has 18 heavy (non-hydrogen) atoms. The molecule has 0 aliphatic heterocycles. The van der Waals surface area contributed by atoms with Crippen molar-refractivity contribution in [3.05, 3.63) is 23.3 Å². The van der Waals surface area contributed by atoms with Gasteiger partial charge in [-0.3, -0.25) is 0 Å². The second kappa shape index (κ2) is 8.02. The Morgan fingerprint density at radius 2 is 1.78 bits per heavy atom. The van der Waals surface area contributed by atoms with E-state index in [2.05, 4.69) is 19.9 Å². The molecule has 0 aromatic heterocycles. The molecule has 0 aliphatic carbocycles. The van der Waals surface area contributed by atoms with Crippen LogP contribution in [0.15, 0.2) is 12.1 Å². The molecule has 0 aliphatic rings. The van der Waals surface area contributed by atoms with Crippen molar-refractivity contribution in [3.63, 3.8) is 0 Å². The van der Waals surface area contributed by atoms with E-state index in [-0.39, 0.29) is 0 Å². The summed E-state index contributed by atoms with van der Waals surface area (Å²) < 4.78 is 5.41. The van der Waals surface area contributed by atoms with Crippen LogP contribution in [0, 0.1) is 0 Å². The van der Waals surface area contributed by atoms with E-state index in [1.165, 1.54) is 19.3 Å². The van der Waals surface area contributed by atoms with E-state index in [1.807, 2.05) is 6.07 Å². The van der Waals surface area contributed by atoms with Gasteiger partial charge in [0.15, 0.2) is 0 Å². The van der Waals surface area contributed by atoms with Crippen LogP contribution in [0.3, 0.4) is 0 Å². The molecule has 0 radical (unpaired) electrons. The van der Waals surface area contributed by atoms with Crippen molar-refractivity contribution in [2.24, 2.45) is 0 Å². The Kier molecular flexibility index (Phi) is 6.63. The average Bonchev–Trinajstić information content (AvgIpc) is 2.36. The molecular formula is C16H26O2. The Morgan fingerprint density at radius 3 is 2.39 bits per heavy atom. The quantitative estimate of drug-likeness (QED) is 0.689. The third-order valence-electron chi connectivity index (χ3n) is 3.28. The number of benzene rings is 1. The van der Waals surface area contributed by atoms with Gasteiger partial charge < -0.3 is 9.84 Å². The zero-order valence-corrected chi connectivity index (χ0v) is 12.0. The number of hydrogen-bond donors (Lipinski definition) is 1. The fraction of sp³-hybridized carbons (Fsp3) is 0.625. The van der Waals surface area contributed by atoms with E-state index in [1.54, 1.807) is 7.11 Å². The SMILES string of the molecule is CCCCCCc1c(O)cc(CCC)cc1OC. The minimum Gasteiger partial charge on any atom is -0.508 e. The summed E-state index contributed by atoms with van der Waals surface area (Å²) in [5.41, 5.74) is 2.12. The van der Waals surface area contributed by atoms with Crippen molar-refractivity contribution >= 4 is 0 Å². The molecule has 102 valence electrons. The lowest BCUT2D eigenvalue weighted by atomic mass is 10.0. The van der Waals surface area contributed by atoms with Gasteiger partial charge in [0, 0.05) is 5.56 Å². The first-order chi connectivity index (χ1) is 8.72. The largest absolute Gasteiger partial charge is 0.508 e. The van der Waals surface area contributed by atoms with Crippen LogP contribution >= 0.6 is 0 Å². The van der Waals surface area contributed by atoms with Gasteiger partial charge in [0.05, 0.1) is 7.11 Å². The summed E-state index contributed by atoms with van der Waals surface area (Å²) >= 11 is 0. The summed E-state index contributed by atoms with van der Waals surface area (Å²) in [4.78, 5) is 0. The molecule has 0 saturated carbocycles. The minimum absolute atomic E-state index is 0.397. The Balaban J connectivity index is 2.76. The summed E-state index contributed by atoms with van der Waals surface area (Å²) in [5.74, 6) is 1.24. The molecule has 1 aromatic rings. The number of phenols is 1. The lowest BCUT2D eigenvalue weighted by Gasteiger charge is -2.13. The number of aromatic hydroxyl groups is 1. The van der Waals surface area contributed by atoms with Crippen LogP contribution in [0.25, 0.3) is 0 Å². The van der Waals surface area contributed by atoms with Crippen LogP contribution < -0.4 is 4.74 Å². The zero-order chi connectivity index (χ0) is 13.4. The molecule has 0 saturated heterocycles. The van der Waals surface area contributed by atoms with E-state index in [0.717, 1.165) is 42.6 Å². The van der Waals surface area contributed by atoms with Gasteiger partial charge in [0.1, 0.15) is 11.5 Å². The van der Waals surface area contributed by atoms with Gasteiger partial charge >= 0.3 is 0 Å². The van der Waals surface area contributed by atoms with Gasteiger partial charge in [-0.2, -0.15) is 0 Å². The molecule has 0 bridgehead atoms. The van der Waals surface area contributed by atoms with Crippen LogP contribution in [0.4, 0.5) is 0 Å². The van der Waals surface area contributed by atoms with E-state index in [0.29, 0.717) is 5.75 Å². The Bertz CT molecular complexity index is 358. The van der Waals surface area contributed by atoms with Gasteiger partial charge in [0.25, 0.3) is 0 Å². The van der Waals surface area contributed by atoms with Crippen LogP contribution in [-0.4, -0.2) is 12.2 Å². The number of methoxy groups -OCH3 is 1. The monoisotopic (exact) mass is 250 g/mol. The Hall–Kier alpha value is -1.18. The van der Waals surface area contributed by atoms with Gasteiger partial charge in [0.2, 0.25) is 0 Å². The highest BCUT2D eigenvalue weighted by Gasteiger charge is 2.10. The lowest BCUT2D eigenvalue weighted by molar-refractivity contribution is 0.397. The number of phenolic OH excluding ortho intramolecular Hbond substituents is 1. The Morgan fingerprint density at radius 1 is 1.00 bits per heavy atom. The predicted molar refractivity (Wildman–Crippen MR) is 76.5 cm³/mol. The molecule has 1 N–H and O–H groups in total. The smallest absolute Gasteiger partial charge is 0.126 e. The van der Waals surface area contributed by atoms with Crippen LogP contribution in [0.2, 0.25) is 0 Å². The second-order valence-electron chi connectivity index (χ2n) is 4.86. The maximum atomic E-state index is 10.1. The highest BCUT2D eigenvalue weighted by Crippen LogP contribution is 2.31. The van der Waals surface area contributed by atoms with Crippen molar-refractivity contribution in [1.82, 2.24) is 0 Å². The zero-order valence-electron chi connectivity index (χ0n) is 12.0. The van der Waals surface area contributed by atoms with E-state index in [4.69, 9.17) is 4.74 Å². The van der Waals surface area contributed by atoms with Crippen LogP contribution in [0.1, 0.15) is 57.1 Å². The summed E-state index contributed by atoms with van der Waals surface area (Å²) in [6.07, 6.45) is 7.80. The fourth-order valence-electron chi connectivity index (χ4n) is 2.28. The topological polar surface area (TPSA) is 29.5 Å². The molecular weight excluding hydrogens is 224 g/mol. The van der Waals surface area contributed by atoms with Gasteiger partial charge in [-0.25, -0.2) is 0 Å². The Labute approximate surface area is 111 Å². The van der Waals surface area contributed by atoms with Crippen molar-refractivity contribution in [2.75, 3.05) is 7.11 Å². The van der Waals surface area contributed by atoms with Crippen molar-refractivity contribution in [3.8, 4) is 11.5 Å². The lowest BCUT2D eigenvalue weighted by Crippen LogP contribution is -1.96. The third kappa shape index (κ3) is 4.25. The minimum atomic E-state index is 0.397. The van der Waals surface area contributed by atoms with E-state index in [9.17, 15) is 5.11 Å². The standard InChI is InChI=1S/C16H26O2/c1-4-6-7-8-10-14-15(17)11-13(9-5-2)12-16(14)18-3/h11-12,17H,4-10H2,1-3H3. The van der Waals surface area contributed by atoms with E-state index < -0.39 is 0 Å². The first kappa shape index (κ1) is 14.9. The summed E-state index contributed by atoms with van der Waals surface area (Å²) in [5, 5.41) is 10.1. The molecule has 0 unspecified atom stereocenters. The maximum Gasteiger partial charge on any atom is 0.126 e. The molecule has 2 nitrogen and oxygen atoms in total. The number of hydrogen-bond acceptors (Lipinski definition) is 2. The summed E-state index contributed by atoms with van der Waals surface area (Å²) in [6, 6.07) is 3.96. The van der Waals surface area contributed by atoms with Gasteiger partial charge in [-0.1, -0.05) is 39.5 Å². The predicted octanol–water partition coefficient (Wildman–Crippen LogP) is 4.48. The van der Waals surface area contributed by atoms with Gasteiger partial charge in [-0.05, 0) is 37.0 Å². The van der Waals surface area contributed by atoms with E-state index >= 15 is 0 Å². The fourth-order valence-corrected chi connectivity index (χ4v) is 2.28. The molecule has 1 aromatic carbocycles. The van der Waals surface area contributed by atoms with Gasteiger partial charge in [-0.15, -0.1) is 0 Å². The summed E-state index contributed by atoms with van der Waals surface area (Å²) in [7, 11) is 1.68. The summed E-state index contributed by atoms with van der Waals surface area (Å²) in [6.45, 7) is 4.35. The molecule has 0 fully saturated rings. The normalized spacial score (nSPS) is 10.6. The molecule has 0 atom stereocenters. The number of ether oxygens (including phenoxy) is 1. The number of rotatable bonds is 8. The highest BCUT2D eigenvalue weighted by molar-refractivity contribution is 5.47. The molecule has 0 heterocycles. The third-order valence-corrected chi connectivity index (χ3v) is 3.28. The van der Waals surface area contributed by atoms with Crippen LogP contribution in [0.5, 0.6) is 11.5 Å². The highest BCUT2D eigenvalue weighted by atomic mass is 16.5. The van der Waals surface area contributed by atoms with Crippen molar-refractivity contribution in [1.29, 1.82) is 0 Å². The molecule has 2 heteroatoms. The second-order valence-corrected chi connectivity index (χ2v) is 4.86. The maximum absolute atomic E-state index is 10.1. The van der Waals surface area contributed by atoms with Crippen molar-refractivity contribution < 1.29 is 9.84 Å². The van der Waals surface area contributed by atoms with Crippen LogP contribution in [-0.2, 0) is 12.8 Å². The molecule has 0 amide bonds. The first-order valence-corrected chi connectivity index (χ1v) is 7.11. The average molecular weight is 250 g/mol. The molecule has 1 rings (SSSR count). The molecule has 0 spiro atoms. The van der Waals surface area contributed by atoms with Crippen molar-refractivity contribution in [2.45, 2.75) is 58.8 Å². The first-order valence-electron chi connectivity index (χ1n) is 7.11. The number of aryl methyl sites for hydroxylation is 1. The number of unbranched alkanes of at least 4 members (excludes halogenated alkanes) is 3.